The van der Waals surface area contributed by atoms with E-state index in [0.29, 0.717) is 74.7 Å². The Balaban J connectivity index is 0.000000261. The van der Waals surface area contributed by atoms with Crippen LogP contribution >= 0.6 is 0 Å². The minimum atomic E-state index is -3.43. The zero-order valence-electron chi connectivity index (χ0n) is 34.2. The predicted octanol–water partition coefficient (Wildman–Crippen LogP) is 7.17. The first-order valence-electron chi connectivity index (χ1n) is 20.4. The van der Waals surface area contributed by atoms with E-state index in [1.807, 2.05) is 74.5 Å². The standard InChI is InChI=1S/C23H29N3O4.C21H28N2O5S/c1-2-17(27)11-7-4-8-12-18(26-22(29)23(13-14-23)21(24)28)20-25-15-19(30-20)16-9-5-3-6-10-16;1-3-17(24)12-8-5-9-13-18(23-20(25)15-29(2,26)27)21-22-14-19(28-21)16-10-6-4-7-11-16/h3,5-6,9-10,15,18H,2,4,7-8,11-14H2,1H3,(H2,24,28)(H,26,29);4,6-7,10-11,14,18H,3,5,8-9,12-13,15H2,1-2H3,(H,23,25)/t2*18-/m00/s1. The number of oxazole rings is 2. The van der Waals surface area contributed by atoms with Gasteiger partial charge >= 0.3 is 0 Å². The summed E-state index contributed by atoms with van der Waals surface area (Å²) < 4.78 is 34.6. The van der Waals surface area contributed by atoms with Gasteiger partial charge < -0.3 is 25.2 Å². The fourth-order valence-corrected chi connectivity index (χ4v) is 6.97. The van der Waals surface area contributed by atoms with E-state index in [2.05, 4.69) is 20.6 Å². The smallest absolute Gasteiger partial charge is 0.236 e. The molecular formula is C44H57N5O9S. The number of hydrogen-bond donors (Lipinski definition) is 3. The number of amides is 3. The van der Waals surface area contributed by atoms with Gasteiger partial charge in [0.15, 0.2) is 21.4 Å². The van der Waals surface area contributed by atoms with Crippen molar-refractivity contribution in [3.05, 3.63) is 84.8 Å². The highest BCUT2D eigenvalue weighted by Crippen LogP contribution is 2.46. The number of nitrogens with two attached hydrogens (primary N) is 1. The van der Waals surface area contributed by atoms with Crippen LogP contribution < -0.4 is 16.4 Å². The molecule has 2 aromatic heterocycles. The normalized spacial score (nSPS) is 13.9. The predicted molar refractivity (Wildman–Crippen MR) is 223 cm³/mol. The van der Waals surface area contributed by atoms with Gasteiger partial charge in [-0.25, -0.2) is 18.4 Å². The maximum Gasteiger partial charge on any atom is 0.236 e. The van der Waals surface area contributed by atoms with Crippen LogP contribution in [0.25, 0.3) is 22.6 Å². The number of carbonyl (C=O) groups excluding carboxylic acids is 5. The van der Waals surface area contributed by atoms with Gasteiger partial charge in [0, 0.05) is 43.1 Å². The van der Waals surface area contributed by atoms with Gasteiger partial charge in [-0.05, 0) is 38.5 Å². The number of benzene rings is 2. The first kappa shape index (κ1) is 46.3. The Morgan fingerprint density at radius 1 is 0.695 bits per heavy atom. The summed E-state index contributed by atoms with van der Waals surface area (Å²) in [6.07, 6.45) is 13.5. The second kappa shape index (κ2) is 22.6. The molecule has 0 radical (unpaired) electrons. The number of carbonyl (C=O) groups is 5. The zero-order valence-corrected chi connectivity index (χ0v) is 35.1. The average Bonchev–Trinajstić information content (AvgIpc) is 3.64. The molecule has 0 aliphatic heterocycles. The van der Waals surface area contributed by atoms with Crippen molar-refractivity contribution in [3.63, 3.8) is 0 Å². The number of nitrogens with one attached hydrogen (secondary N) is 2. The minimum absolute atomic E-state index is 0.239. The molecule has 1 aliphatic rings. The molecule has 2 aromatic carbocycles. The Kier molecular flexibility index (Phi) is 17.7. The molecule has 14 nitrogen and oxygen atoms in total. The lowest BCUT2D eigenvalue weighted by Crippen LogP contribution is -2.42. The molecule has 5 rings (SSSR count). The molecule has 0 bridgehead atoms. The molecule has 0 saturated heterocycles. The van der Waals surface area contributed by atoms with Crippen LogP contribution in [0.2, 0.25) is 0 Å². The van der Waals surface area contributed by atoms with E-state index >= 15 is 0 Å². The molecule has 15 heteroatoms. The second-order valence-corrected chi connectivity index (χ2v) is 17.1. The van der Waals surface area contributed by atoms with Crippen LogP contribution in [-0.2, 0) is 33.8 Å². The molecule has 1 fully saturated rings. The van der Waals surface area contributed by atoms with Crippen LogP contribution in [0.3, 0.4) is 0 Å². The quantitative estimate of drug-likeness (QED) is 0.0474. The van der Waals surface area contributed by atoms with Crippen LogP contribution in [0.15, 0.2) is 81.9 Å². The van der Waals surface area contributed by atoms with E-state index < -0.39 is 44.9 Å². The molecule has 0 spiro atoms. The Morgan fingerprint density at radius 2 is 1.14 bits per heavy atom. The molecule has 2 atom stereocenters. The largest absolute Gasteiger partial charge is 0.438 e. The lowest BCUT2D eigenvalue weighted by Gasteiger charge is -2.19. The lowest BCUT2D eigenvalue weighted by atomic mass is 10.0. The molecule has 4 aromatic rings. The summed E-state index contributed by atoms with van der Waals surface area (Å²) in [5.74, 6) is 0.336. The average molecular weight is 832 g/mol. The lowest BCUT2D eigenvalue weighted by molar-refractivity contribution is -0.136. The van der Waals surface area contributed by atoms with Crippen LogP contribution in [0.4, 0.5) is 0 Å². The SMILES string of the molecule is CCC(=O)CCCCC[C@H](NC(=O)C1(C(N)=O)CC1)c1ncc(-c2ccccc2)o1.CCC(=O)CCCCC[C@H](NC(=O)CS(C)(=O)=O)c1ncc(-c2ccccc2)o1. The minimum Gasteiger partial charge on any atom is -0.438 e. The van der Waals surface area contributed by atoms with E-state index in [-0.39, 0.29) is 17.5 Å². The number of unbranched alkanes of at least 4 members (excludes halogenated alkanes) is 4. The van der Waals surface area contributed by atoms with Crippen molar-refractivity contribution in [3.8, 4) is 22.6 Å². The van der Waals surface area contributed by atoms with Gasteiger partial charge in [0.05, 0.1) is 12.4 Å². The summed E-state index contributed by atoms with van der Waals surface area (Å²) in [6, 6.07) is 18.1. The van der Waals surface area contributed by atoms with Crippen molar-refractivity contribution >= 4 is 39.1 Å². The number of ketones is 2. The van der Waals surface area contributed by atoms with Crippen molar-refractivity contribution < 1.29 is 41.2 Å². The van der Waals surface area contributed by atoms with Gasteiger partial charge in [-0.3, -0.25) is 24.0 Å². The zero-order chi connectivity index (χ0) is 42.8. The van der Waals surface area contributed by atoms with Crippen molar-refractivity contribution in [2.45, 2.75) is 116 Å². The number of nitrogens with zero attached hydrogens (tertiary/aromatic N) is 2. The first-order valence-corrected chi connectivity index (χ1v) is 22.4. The Hall–Kier alpha value is -5.44. The van der Waals surface area contributed by atoms with Gasteiger partial charge in [0.25, 0.3) is 0 Å². The summed E-state index contributed by atoms with van der Waals surface area (Å²) in [5, 5.41) is 5.65. The van der Waals surface area contributed by atoms with E-state index in [4.69, 9.17) is 14.6 Å². The molecule has 318 valence electrons. The van der Waals surface area contributed by atoms with Crippen LogP contribution in [0, 0.1) is 5.41 Å². The summed E-state index contributed by atoms with van der Waals surface area (Å²) in [5.41, 5.74) is 6.11. The maximum atomic E-state index is 12.7. The first-order chi connectivity index (χ1) is 28.2. The Bertz CT molecular complexity index is 2090. The molecule has 0 unspecified atom stereocenters. The molecular weight excluding hydrogens is 775 g/mol. The van der Waals surface area contributed by atoms with Crippen molar-refractivity contribution in [1.82, 2.24) is 20.6 Å². The number of Topliss-reactive ketones (excluding diaryl/α,β-unsaturated/α-hetero) is 2. The number of aromatic nitrogens is 2. The monoisotopic (exact) mass is 831 g/mol. The van der Waals surface area contributed by atoms with E-state index in [0.717, 1.165) is 55.9 Å². The summed E-state index contributed by atoms with van der Waals surface area (Å²) in [7, 11) is -3.43. The number of sulfone groups is 1. The van der Waals surface area contributed by atoms with Crippen LogP contribution in [0.5, 0.6) is 0 Å². The van der Waals surface area contributed by atoms with Gasteiger partial charge in [0.1, 0.15) is 34.8 Å². The van der Waals surface area contributed by atoms with E-state index in [1.165, 1.54) is 0 Å². The van der Waals surface area contributed by atoms with Gasteiger partial charge in [-0.1, -0.05) is 100 Å². The summed E-state index contributed by atoms with van der Waals surface area (Å²) in [6.45, 7) is 3.72. The van der Waals surface area contributed by atoms with Crippen LogP contribution in [0.1, 0.15) is 128 Å². The molecule has 59 heavy (non-hydrogen) atoms. The highest BCUT2D eigenvalue weighted by Gasteiger charge is 2.55. The Morgan fingerprint density at radius 3 is 1.53 bits per heavy atom. The van der Waals surface area contributed by atoms with Gasteiger partial charge in [-0.2, -0.15) is 0 Å². The summed E-state index contributed by atoms with van der Waals surface area (Å²) >= 11 is 0. The second-order valence-electron chi connectivity index (χ2n) is 15.0. The molecule has 1 aliphatic carbocycles. The fraction of sp³-hybridized carbons (Fsp3) is 0.477. The third-order valence-corrected chi connectivity index (χ3v) is 10.9. The number of rotatable bonds is 24. The highest BCUT2D eigenvalue weighted by atomic mass is 32.2. The maximum absolute atomic E-state index is 12.7. The number of primary amides is 1. The van der Waals surface area contributed by atoms with E-state index in [1.54, 1.807) is 12.4 Å². The van der Waals surface area contributed by atoms with Crippen molar-refractivity contribution in [2.75, 3.05) is 12.0 Å². The fourth-order valence-electron chi connectivity index (χ4n) is 6.41. The van der Waals surface area contributed by atoms with Crippen molar-refractivity contribution in [2.24, 2.45) is 11.1 Å². The molecule has 3 amide bonds. The molecule has 1 saturated carbocycles. The van der Waals surface area contributed by atoms with Gasteiger partial charge in [0.2, 0.25) is 29.5 Å². The van der Waals surface area contributed by atoms with Crippen LogP contribution in [-0.4, -0.2) is 59.7 Å². The number of hydrogen-bond acceptors (Lipinski definition) is 11. The van der Waals surface area contributed by atoms with Gasteiger partial charge in [-0.15, -0.1) is 0 Å². The molecule has 4 N–H and O–H groups in total. The topological polar surface area (TPSA) is 222 Å². The third-order valence-electron chi connectivity index (χ3n) is 10.1. The highest BCUT2D eigenvalue weighted by molar-refractivity contribution is 7.91. The van der Waals surface area contributed by atoms with Crippen molar-refractivity contribution in [1.29, 1.82) is 0 Å². The third kappa shape index (κ3) is 15.0. The Labute approximate surface area is 346 Å². The summed E-state index contributed by atoms with van der Waals surface area (Å²) in [4.78, 5) is 68.1. The molecule has 2 heterocycles. The van der Waals surface area contributed by atoms with E-state index in [9.17, 15) is 32.4 Å².